The molecule has 1 amide bonds. The van der Waals surface area contributed by atoms with E-state index >= 15 is 0 Å². The van der Waals surface area contributed by atoms with Crippen LogP contribution in [0.3, 0.4) is 0 Å². The van der Waals surface area contributed by atoms with Crippen molar-refractivity contribution in [3.8, 4) is 0 Å². The van der Waals surface area contributed by atoms with Crippen molar-refractivity contribution in [2.24, 2.45) is 0 Å². The number of hydrogen-bond acceptors (Lipinski definition) is 5. The van der Waals surface area contributed by atoms with Gasteiger partial charge in [-0.25, -0.2) is 12.8 Å². The van der Waals surface area contributed by atoms with E-state index in [1.165, 1.54) is 30.3 Å². The summed E-state index contributed by atoms with van der Waals surface area (Å²) >= 11 is 0. The molecular formula is C23H22FN3O4S. The number of halogens is 1. The number of amides is 1. The molecule has 0 aliphatic carbocycles. The zero-order valence-corrected chi connectivity index (χ0v) is 17.9. The SMILES string of the molecule is O=C(Nc1ccc(N2CCOCC2)c(F)c1)c1ccc(S(=O)(=O)Nc2ccccc2)cc1. The summed E-state index contributed by atoms with van der Waals surface area (Å²) in [4.78, 5) is 14.5. The maximum atomic E-state index is 14.5. The molecule has 166 valence electrons. The molecule has 0 atom stereocenters. The first-order valence-corrected chi connectivity index (χ1v) is 11.5. The Morgan fingerprint density at radius 3 is 2.25 bits per heavy atom. The molecule has 1 fully saturated rings. The molecular weight excluding hydrogens is 433 g/mol. The maximum Gasteiger partial charge on any atom is 0.261 e. The molecule has 0 saturated carbocycles. The van der Waals surface area contributed by atoms with Gasteiger partial charge in [0.2, 0.25) is 0 Å². The third kappa shape index (κ3) is 5.06. The monoisotopic (exact) mass is 455 g/mol. The Morgan fingerprint density at radius 1 is 0.906 bits per heavy atom. The van der Waals surface area contributed by atoms with Crippen LogP contribution in [-0.2, 0) is 14.8 Å². The van der Waals surface area contributed by atoms with Crippen LogP contribution >= 0.6 is 0 Å². The molecule has 1 aliphatic heterocycles. The molecule has 2 N–H and O–H groups in total. The molecule has 9 heteroatoms. The Labute approximate surface area is 185 Å². The predicted octanol–water partition coefficient (Wildman–Crippen LogP) is 3.72. The number of morpholine rings is 1. The fourth-order valence-corrected chi connectivity index (χ4v) is 4.41. The Morgan fingerprint density at radius 2 is 1.59 bits per heavy atom. The quantitative estimate of drug-likeness (QED) is 0.592. The summed E-state index contributed by atoms with van der Waals surface area (Å²) in [5, 5.41) is 2.64. The highest BCUT2D eigenvalue weighted by atomic mass is 32.2. The van der Waals surface area contributed by atoms with E-state index in [-0.39, 0.29) is 10.5 Å². The highest BCUT2D eigenvalue weighted by molar-refractivity contribution is 7.92. The number of sulfonamides is 1. The van der Waals surface area contributed by atoms with Crippen molar-refractivity contribution >= 4 is 33.0 Å². The number of nitrogens with zero attached hydrogens (tertiary/aromatic N) is 1. The highest BCUT2D eigenvalue weighted by Crippen LogP contribution is 2.24. The van der Waals surface area contributed by atoms with Gasteiger partial charge in [-0.1, -0.05) is 18.2 Å². The average molecular weight is 456 g/mol. The molecule has 0 spiro atoms. The lowest BCUT2D eigenvalue weighted by molar-refractivity contribution is 0.102. The maximum absolute atomic E-state index is 14.5. The van der Waals surface area contributed by atoms with Gasteiger partial charge in [-0.2, -0.15) is 0 Å². The second kappa shape index (κ2) is 9.37. The van der Waals surface area contributed by atoms with Gasteiger partial charge >= 0.3 is 0 Å². The van der Waals surface area contributed by atoms with E-state index in [1.54, 1.807) is 42.5 Å². The van der Waals surface area contributed by atoms with Gasteiger partial charge < -0.3 is 15.0 Å². The van der Waals surface area contributed by atoms with Gasteiger partial charge in [-0.05, 0) is 54.6 Å². The first kappa shape index (κ1) is 21.8. The third-order valence-electron chi connectivity index (χ3n) is 5.01. The second-order valence-electron chi connectivity index (χ2n) is 7.22. The molecule has 3 aromatic carbocycles. The van der Waals surface area contributed by atoms with Gasteiger partial charge in [0.05, 0.1) is 23.8 Å². The number of carbonyl (C=O) groups excluding carboxylic acids is 1. The largest absolute Gasteiger partial charge is 0.378 e. The Kier molecular flexibility index (Phi) is 6.38. The zero-order valence-electron chi connectivity index (χ0n) is 17.1. The van der Waals surface area contributed by atoms with Crippen molar-refractivity contribution in [2.75, 3.05) is 41.2 Å². The minimum Gasteiger partial charge on any atom is -0.378 e. The van der Waals surface area contributed by atoms with Crippen molar-refractivity contribution in [2.45, 2.75) is 4.90 Å². The minimum absolute atomic E-state index is 0.0267. The van der Waals surface area contributed by atoms with E-state index in [0.717, 1.165) is 0 Å². The molecule has 4 rings (SSSR count). The number of carbonyl (C=O) groups is 1. The highest BCUT2D eigenvalue weighted by Gasteiger charge is 2.17. The summed E-state index contributed by atoms with van der Waals surface area (Å²) in [6.45, 7) is 2.31. The molecule has 1 heterocycles. The lowest BCUT2D eigenvalue weighted by atomic mass is 10.2. The summed E-state index contributed by atoms with van der Waals surface area (Å²) in [6.07, 6.45) is 0. The summed E-state index contributed by atoms with van der Waals surface area (Å²) in [5.41, 5.74) is 1.47. The van der Waals surface area contributed by atoms with Crippen LogP contribution in [0.15, 0.2) is 77.7 Å². The van der Waals surface area contributed by atoms with Crippen molar-refractivity contribution in [1.82, 2.24) is 0 Å². The summed E-state index contributed by atoms with van der Waals surface area (Å²) < 4.78 is 47.3. The standard InChI is InChI=1S/C23H22FN3O4S/c24-21-16-19(8-11-22(21)27-12-14-31-15-13-27)25-23(28)17-6-9-20(10-7-17)32(29,30)26-18-4-2-1-3-5-18/h1-11,16,26H,12-15H2,(H,25,28). The molecule has 0 aromatic heterocycles. The van der Waals surface area contributed by atoms with Crippen LogP contribution in [-0.4, -0.2) is 40.6 Å². The van der Waals surface area contributed by atoms with Gasteiger partial charge in [0.1, 0.15) is 5.82 Å². The van der Waals surface area contributed by atoms with Crippen LogP contribution in [0.4, 0.5) is 21.5 Å². The number of anilines is 3. The summed E-state index contributed by atoms with van der Waals surface area (Å²) in [7, 11) is -3.78. The van der Waals surface area contributed by atoms with Crippen molar-refractivity contribution < 1.29 is 22.3 Å². The number of para-hydroxylation sites is 1. The first-order valence-electron chi connectivity index (χ1n) is 10.0. The van der Waals surface area contributed by atoms with E-state index in [1.807, 2.05) is 4.90 Å². The normalized spacial score (nSPS) is 14.1. The van der Waals surface area contributed by atoms with E-state index < -0.39 is 21.7 Å². The molecule has 0 bridgehead atoms. The lowest BCUT2D eigenvalue weighted by Gasteiger charge is -2.29. The summed E-state index contributed by atoms with van der Waals surface area (Å²) in [6, 6.07) is 18.6. The molecule has 1 aliphatic rings. The fourth-order valence-electron chi connectivity index (χ4n) is 3.35. The van der Waals surface area contributed by atoms with Crippen molar-refractivity contribution in [1.29, 1.82) is 0 Å². The van der Waals surface area contributed by atoms with E-state index in [4.69, 9.17) is 4.74 Å². The minimum atomic E-state index is -3.78. The van der Waals surface area contributed by atoms with Crippen LogP contribution in [0.5, 0.6) is 0 Å². The lowest BCUT2D eigenvalue weighted by Crippen LogP contribution is -2.36. The fraction of sp³-hybridized carbons (Fsp3) is 0.174. The van der Waals surface area contributed by atoms with Crippen LogP contribution in [0.2, 0.25) is 0 Å². The number of ether oxygens (including phenoxy) is 1. The number of nitrogens with one attached hydrogen (secondary N) is 2. The molecule has 3 aromatic rings. The van der Waals surface area contributed by atoms with Gasteiger partial charge in [0, 0.05) is 30.0 Å². The number of hydrogen-bond donors (Lipinski definition) is 2. The molecule has 0 radical (unpaired) electrons. The smallest absolute Gasteiger partial charge is 0.261 e. The van der Waals surface area contributed by atoms with Crippen LogP contribution in [0.25, 0.3) is 0 Å². The van der Waals surface area contributed by atoms with Crippen molar-refractivity contribution in [3.63, 3.8) is 0 Å². The van der Waals surface area contributed by atoms with Gasteiger partial charge in [-0.15, -0.1) is 0 Å². The molecule has 7 nitrogen and oxygen atoms in total. The predicted molar refractivity (Wildman–Crippen MR) is 121 cm³/mol. The van der Waals surface area contributed by atoms with Gasteiger partial charge in [-0.3, -0.25) is 9.52 Å². The van der Waals surface area contributed by atoms with E-state index in [2.05, 4.69) is 10.0 Å². The Hall–Kier alpha value is -3.43. The molecule has 32 heavy (non-hydrogen) atoms. The topological polar surface area (TPSA) is 87.7 Å². The summed E-state index contributed by atoms with van der Waals surface area (Å²) in [5.74, 6) is -0.901. The Balaban J connectivity index is 1.43. The molecule has 1 saturated heterocycles. The Bertz CT molecular complexity index is 1200. The van der Waals surface area contributed by atoms with Gasteiger partial charge in [0.25, 0.3) is 15.9 Å². The number of rotatable bonds is 6. The molecule has 0 unspecified atom stereocenters. The zero-order chi connectivity index (χ0) is 22.6. The average Bonchev–Trinajstić information content (AvgIpc) is 2.80. The second-order valence-corrected chi connectivity index (χ2v) is 8.90. The van der Waals surface area contributed by atoms with Gasteiger partial charge in [0.15, 0.2) is 0 Å². The van der Waals surface area contributed by atoms with E-state index in [0.29, 0.717) is 43.4 Å². The first-order chi connectivity index (χ1) is 15.4. The van der Waals surface area contributed by atoms with Crippen LogP contribution < -0.4 is 14.9 Å². The van der Waals surface area contributed by atoms with Crippen LogP contribution in [0.1, 0.15) is 10.4 Å². The third-order valence-corrected chi connectivity index (χ3v) is 6.41. The van der Waals surface area contributed by atoms with Crippen molar-refractivity contribution in [3.05, 3.63) is 84.2 Å². The van der Waals surface area contributed by atoms with E-state index in [9.17, 15) is 17.6 Å². The number of benzene rings is 3. The van der Waals surface area contributed by atoms with Crippen LogP contribution in [0, 0.1) is 5.82 Å².